The highest BCUT2D eigenvalue weighted by Crippen LogP contribution is 2.43. The van der Waals surface area contributed by atoms with E-state index in [2.05, 4.69) is 61.5 Å². The monoisotopic (exact) mass is 660 g/mol. The number of rotatable bonds is 11. The van der Waals surface area contributed by atoms with Crippen LogP contribution in [-0.2, 0) is 49.7 Å². The van der Waals surface area contributed by atoms with E-state index in [-0.39, 0.29) is 6.10 Å². The second-order valence-electron chi connectivity index (χ2n) is 12.5. The Morgan fingerprint density at radius 2 is 1.23 bits per heavy atom. The molecule has 2 aliphatic rings. The predicted molar refractivity (Wildman–Crippen MR) is 188 cm³/mol. The van der Waals surface area contributed by atoms with Crippen LogP contribution in [0.3, 0.4) is 0 Å². The molecule has 6 atom stereocenters. The molecule has 0 saturated carbocycles. The number of hydrogen-bond acceptors (Lipinski definition) is 5. The van der Waals surface area contributed by atoms with Gasteiger partial charge in [-0.05, 0) is 52.3 Å². The zero-order valence-corrected chi connectivity index (χ0v) is 27.9. The van der Waals surface area contributed by atoms with Crippen molar-refractivity contribution in [2.24, 2.45) is 0 Å². The molecule has 0 aliphatic carbocycles. The fourth-order valence-corrected chi connectivity index (χ4v) is 6.74. The minimum absolute atomic E-state index is 0.363. The smallest absolute Gasteiger partial charge is 0.184 e. The van der Waals surface area contributed by atoms with Gasteiger partial charge in [-0.1, -0.05) is 146 Å². The lowest BCUT2D eigenvalue weighted by molar-refractivity contribution is -0.341. The highest BCUT2D eigenvalue weighted by atomic mass is 35.5. The van der Waals surface area contributed by atoms with E-state index >= 15 is 0 Å². The summed E-state index contributed by atoms with van der Waals surface area (Å²) in [5.74, 6) is 0. The van der Waals surface area contributed by atoms with Crippen LogP contribution >= 0.6 is 11.6 Å². The van der Waals surface area contributed by atoms with E-state index in [0.717, 1.165) is 39.3 Å². The van der Waals surface area contributed by atoms with Crippen LogP contribution in [-0.4, -0.2) is 31.0 Å². The van der Waals surface area contributed by atoms with Crippen LogP contribution in [0.5, 0.6) is 0 Å². The van der Waals surface area contributed by atoms with Gasteiger partial charge in [-0.2, -0.15) is 0 Å². The molecule has 2 aliphatic heterocycles. The number of halogens is 1. The highest BCUT2D eigenvalue weighted by molar-refractivity contribution is 6.31. The molecule has 0 spiro atoms. The van der Waals surface area contributed by atoms with Gasteiger partial charge in [0.15, 0.2) is 6.29 Å². The van der Waals surface area contributed by atoms with Gasteiger partial charge >= 0.3 is 0 Å². The van der Waals surface area contributed by atoms with Crippen LogP contribution in [0.15, 0.2) is 133 Å². The Morgan fingerprint density at radius 1 is 0.625 bits per heavy atom. The number of aryl methyl sites for hydroxylation is 1. The molecule has 7 rings (SSSR count). The minimum Gasteiger partial charge on any atom is -0.368 e. The van der Waals surface area contributed by atoms with Crippen molar-refractivity contribution in [2.45, 2.75) is 69.8 Å². The van der Waals surface area contributed by atoms with Gasteiger partial charge in [-0.25, -0.2) is 0 Å². The molecule has 5 nitrogen and oxygen atoms in total. The van der Waals surface area contributed by atoms with E-state index < -0.39 is 30.7 Å². The third kappa shape index (κ3) is 7.74. The predicted octanol–water partition coefficient (Wildman–Crippen LogP) is 9.22. The maximum atomic E-state index is 6.92. The zero-order chi connectivity index (χ0) is 32.7. The molecule has 2 fully saturated rings. The van der Waals surface area contributed by atoms with E-state index in [1.807, 2.05) is 78.9 Å². The molecule has 6 unspecified atom stereocenters. The summed E-state index contributed by atoms with van der Waals surface area (Å²) in [7, 11) is 0. The molecular weight excluding hydrogens is 620 g/mol. The summed E-state index contributed by atoms with van der Waals surface area (Å²) < 4.78 is 33.6. The van der Waals surface area contributed by atoms with Crippen molar-refractivity contribution in [3.8, 4) is 0 Å². The number of fused-ring (bicyclic) bond motifs is 1. The summed E-state index contributed by atoms with van der Waals surface area (Å²) in [5, 5.41) is 0.723. The fraction of sp³-hybridized carbons (Fsp3) is 0.286. The van der Waals surface area contributed by atoms with Crippen molar-refractivity contribution >= 4 is 11.6 Å². The van der Waals surface area contributed by atoms with Crippen LogP contribution in [0.1, 0.15) is 58.3 Å². The molecule has 246 valence electrons. The molecule has 0 amide bonds. The summed E-state index contributed by atoms with van der Waals surface area (Å²) >= 11 is 6.82. The lowest BCUT2D eigenvalue weighted by Crippen LogP contribution is -2.60. The van der Waals surface area contributed by atoms with Crippen LogP contribution in [0, 0.1) is 0 Å². The second kappa shape index (κ2) is 15.6. The molecule has 6 heteroatoms. The van der Waals surface area contributed by atoms with E-state index in [1.54, 1.807) is 0 Å². The number of benzene rings is 5. The van der Waals surface area contributed by atoms with Crippen LogP contribution < -0.4 is 0 Å². The molecular formula is C42H41ClO5. The first-order valence-electron chi connectivity index (χ1n) is 16.8. The van der Waals surface area contributed by atoms with E-state index in [0.29, 0.717) is 26.2 Å². The summed E-state index contributed by atoms with van der Waals surface area (Å²) in [5.41, 5.74) is 7.64. The highest BCUT2D eigenvalue weighted by Gasteiger charge is 2.51. The van der Waals surface area contributed by atoms with Gasteiger partial charge in [0.1, 0.15) is 30.5 Å². The number of ether oxygens (including phenoxy) is 5. The lowest BCUT2D eigenvalue weighted by atomic mass is 9.89. The molecule has 0 bridgehead atoms. The first-order chi connectivity index (χ1) is 23.6. The van der Waals surface area contributed by atoms with Crippen molar-refractivity contribution in [1.29, 1.82) is 0 Å². The quantitative estimate of drug-likeness (QED) is 0.141. The minimum atomic E-state index is -0.536. The summed E-state index contributed by atoms with van der Waals surface area (Å²) in [6.07, 6.45) is -0.988. The Labute approximate surface area is 288 Å². The topological polar surface area (TPSA) is 46.2 Å². The van der Waals surface area contributed by atoms with Gasteiger partial charge in [0, 0.05) is 10.6 Å². The Hall–Kier alpha value is -3.81. The first kappa shape index (κ1) is 32.7. The molecule has 0 aromatic heterocycles. The Morgan fingerprint density at radius 3 is 1.88 bits per heavy atom. The van der Waals surface area contributed by atoms with Crippen LogP contribution in [0.2, 0.25) is 5.02 Å². The van der Waals surface area contributed by atoms with Crippen molar-refractivity contribution in [3.63, 3.8) is 0 Å². The molecule has 5 aromatic carbocycles. The van der Waals surface area contributed by atoms with Crippen molar-refractivity contribution in [1.82, 2.24) is 0 Å². The average molecular weight is 661 g/mol. The van der Waals surface area contributed by atoms with E-state index in [1.165, 1.54) is 11.1 Å². The van der Waals surface area contributed by atoms with Gasteiger partial charge in [0.25, 0.3) is 0 Å². The molecule has 5 aromatic rings. The van der Waals surface area contributed by atoms with Crippen LogP contribution in [0.25, 0.3) is 0 Å². The van der Waals surface area contributed by atoms with Gasteiger partial charge in [-0.15, -0.1) is 0 Å². The third-order valence-corrected chi connectivity index (χ3v) is 9.56. The average Bonchev–Trinajstić information content (AvgIpc) is 3.15. The van der Waals surface area contributed by atoms with E-state index in [9.17, 15) is 0 Å². The summed E-state index contributed by atoms with van der Waals surface area (Å²) in [6.45, 7) is 3.34. The largest absolute Gasteiger partial charge is 0.368 e. The summed E-state index contributed by atoms with van der Waals surface area (Å²) in [4.78, 5) is 0. The molecule has 0 N–H and O–H groups in total. The number of hydrogen-bond donors (Lipinski definition) is 0. The van der Waals surface area contributed by atoms with Gasteiger partial charge in [0.2, 0.25) is 0 Å². The standard InChI is InChI=1S/C42H41ClO5/c1-2-29-18-20-30(21-19-29)24-35-25-34(22-23-36(35)43)38-40(44-26-31-12-6-3-7-13-31)41(45-27-32-14-8-4-9-15-32)39-37(47-38)28-46-42(48-39)33-16-10-5-11-17-33/h3-23,25,37-42H,2,24,26-28H2,1H3. The first-order valence-corrected chi connectivity index (χ1v) is 17.2. The molecule has 2 heterocycles. The Bertz CT molecular complexity index is 1730. The SMILES string of the molecule is CCc1ccc(Cc2cc(C3OC4COC(c5ccccc5)OC4C(OCc4ccccc4)C3OCc3ccccc3)ccc2Cl)cc1. The van der Waals surface area contributed by atoms with Gasteiger partial charge in [0.05, 0.1) is 19.8 Å². The van der Waals surface area contributed by atoms with Gasteiger partial charge < -0.3 is 23.7 Å². The van der Waals surface area contributed by atoms with Crippen molar-refractivity contribution in [3.05, 3.63) is 177 Å². The summed E-state index contributed by atoms with van der Waals surface area (Å²) in [6, 6.07) is 45.3. The molecule has 48 heavy (non-hydrogen) atoms. The fourth-order valence-electron chi connectivity index (χ4n) is 6.56. The third-order valence-electron chi connectivity index (χ3n) is 9.19. The molecule has 0 radical (unpaired) electrons. The second-order valence-corrected chi connectivity index (χ2v) is 12.9. The Kier molecular flexibility index (Phi) is 10.6. The van der Waals surface area contributed by atoms with Crippen molar-refractivity contribution < 1.29 is 23.7 Å². The maximum absolute atomic E-state index is 6.92. The maximum Gasteiger partial charge on any atom is 0.184 e. The van der Waals surface area contributed by atoms with E-state index in [4.69, 9.17) is 35.3 Å². The van der Waals surface area contributed by atoms with Crippen molar-refractivity contribution in [2.75, 3.05) is 6.61 Å². The van der Waals surface area contributed by atoms with Gasteiger partial charge in [-0.3, -0.25) is 0 Å². The Balaban J connectivity index is 1.23. The van der Waals surface area contributed by atoms with Crippen LogP contribution in [0.4, 0.5) is 0 Å². The molecule has 2 saturated heterocycles. The zero-order valence-electron chi connectivity index (χ0n) is 27.1. The normalized spacial score (nSPS) is 23.8. The lowest BCUT2D eigenvalue weighted by Gasteiger charge is -2.49.